The van der Waals surface area contributed by atoms with E-state index in [1.165, 1.54) is 16.9 Å². The van der Waals surface area contributed by atoms with Gasteiger partial charge in [0, 0.05) is 10.9 Å². The number of aryl methyl sites for hydroxylation is 1. The number of amides is 1. The van der Waals surface area contributed by atoms with Crippen molar-refractivity contribution < 1.29 is 14.3 Å². The van der Waals surface area contributed by atoms with Crippen LogP contribution >= 0.6 is 22.9 Å². The summed E-state index contributed by atoms with van der Waals surface area (Å²) in [5.74, 6) is -0.955. The molecule has 3 rings (SSSR count). The predicted octanol–water partition coefficient (Wildman–Crippen LogP) is 4.75. The second-order valence-electron chi connectivity index (χ2n) is 6.06. The van der Waals surface area contributed by atoms with Gasteiger partial charge in [0.25, 0.3) is 5.91 Å². The quantitative estimate of drug-likeness (QED) is 0.566. The molecule has 0 aliphatic rings. The summed E-state index contributed by atoms with van der Waals surface area (Å²) in [5.41, 5.74) is 3.37. The SMILES string of the molecule is CCc1ccc(-c2nc(CC(=O)OCC(=O)Nc3ccccc3Cl)cs2)cc1. The molecule has 0 saturated heterocycles. The third kappa shape index (κ3) is 5.41. The van der Waals surface area contributed by atoms with Crippen molar-refractivity contribution in [3.05, 3.63) is 70.2 Å². The Hall–Kier alpha value is -2.70. The normalized spacial score (nSPS) is 10.5. The largest absolute Gasteiger partial charge is 0.455 e. The molecule has 144 valence electrons. The van der Waals surface area contributed by atoms with E-state index in [-0.39, 0.29) is 13.0 Å². The standard InChI is InChI=1S/C21H19ClN2O3S/c1-2-14-7-9-15(10-8-14)21-23-16(13-28-21)11-20(26)27-12-19(25)24-18-6-4-3-5-17(18)22/h3-10,13H,2,11-12H2,1H3,(H,24,25). The Morgan fingerprint density at radius 3 is 2.61 bits per heavy atom. The van der Waals surface area contributed by atoms with Crippen LogP contribution in [0.1, 0.15) is 18.2 Å². The average molecular weight is 415 g/mol. The number of ether oxygens (including phenoxy) is 1. The summed E-state index contributed by atoms with van der Waals surface area (Å²) in [4.78, 5) is 28.4. The van der Waals surface area contributed by atoms with E-state index in [1.807, 2.05) is 17.5 Å². The molecule has 28 heavy (non-hydrogen) atoms. The summed E-state index contributed by atoms with van der Waals surface area (Å²) in [6.07, 6.45) is 1.00. The monoisotopic (exact) mass is 414 g/mol. The highest BCUT2D eigenvalue weighted by molar-refractivity contribution is 7.13. The molecule has 1 N–H and O–H groups in total. The maximum Gasteiger partial charge on any atom is 0.312 e. The number of nitrogens with one attached hydrogen (secondary N) is 1. The number of para-hydroxylation sites is 1. The zero-order chi connectivity index (χ0) is 19.9. The Kier molecular flexibility index (Phi) is 6.79. The highest BCUT2D eigenvalue weighted by Gasteiger charge is 2.13. The van der Waals surface area contributed by atoms with E-state index in [4.69, 9.17) is 16.3 Å². The van der Waals surface area contributed by atoms with Crippen molar-refractivity contribution in [1.29, 1.82) is 0 Å². The van der Waals surface area contributed by atoms with Gasteiger partial charge in [0.1, 0.15) is 5.01 Å². The molecule has 5 nitrogen and oxygen atoms in total. The number of hydrogen-bond donors (Lipinski definition) is 1. The van der Waals surface area contributed by atoms with Crippen molar-refractivity contribution in [2.24, 2.45) is 0 Å². The van der Waals surface area contributed by atoms with Crippen LogP contribution in [0.4, 0.5) is 5.69 Å². The lowest BCUT2D eigenvalue weighted by Gasteiger charge is -2.07. The number of carbonyl (C=O) groups excluding carboxylic acids is 2. The summed E-state index contributed by atoms with van der Waals surface area (Å²) in [6, 6.07) is 15.0. The molecule has 7 heteroatoms. The minimum atomic E-state index is -0.507. The van der Waals surface area contributed by atoms with Gasteiger partial charge in [0.05, 0.1) is 22.8 Å². The van der Waals surface area contributed by atoms with Gasteiger partial charge in [-0.2, -0.15) is 0 Å². The number of benzene rings is 2. The second kappa shape index (κ2) is 9.48. The number of rotatable bonds is 7. The van der Waals surface area contributed by atoms with Crippen molar-refractivity contribution in [3.8, 4) is 10.6 Å². The third-order valence-corrected chi connectivity index (χ3v) is 5.27. The topological polar surface area (TPSA) is 68.3 Å². The molecule has 2 aromatic carbocycles. The van der Waals surface area contributed by atoms with Crippen molar-refractivity contribution in [2.45, 2.75) is 19.8 Å². The summed E-state index contributed by atoms with van der Waals surface area (Å²) in [7, 11) is 0. The Bertz CT molecular complexity index is 970. The van der Waals surface area contributed by atoms with Crippen LogP contribution < -0.4 is 5.32 Å². The van der Waals surface area contributed by atoms with E-state index in [2.05, 4.69) is 29.4 Å². The smallest absolute Gasteiger partial charge is 0.312 e. The zero-order valence-electron chi connectivity index (χ0n) is 15.3. The van der Waals surface area contributed by atoms with Gasteiger partial charge in [-0.15, -0.1) is 11.3 Å². The first kappa shape index (κ1) is 20.0. The molecule has 0 atom stereocenters. The van der Waals surface area contributed by atoms with Crippen LogP contribution in [0.25, 0.3) is 10.6 Å². The van der Waals surface area contributed by atoms with Crippen molar-refractivity contribution >= 4 is 40.5 Å². The molecule has 1 heterocycles. The minimum absolute atomic E-state index is 0.0168. The van der Waals surface area contributed by atoms with Crippen LogP contribution in [0, 0.1) is 0 Å². The molecule has 0 bridgehead atoms. The molecular formula is C21H19ClN2O3S. The third-order valence-electron chi connectivity index (χ3n) is 4.00. The van der Waals surface area contributed by atoms with E-state index in [0.717, 1.165) is 17.0 Å². The number of aromatic nitrogens is 1. The lowest BCUT2D eigenvalue weighted by atomic mass is 10.1. The summed E-state index contributed by atoms with van der Waals surface area (Å²) in [5, 5.41) is 5.70. The second-order valence-corrected chi connectivity index (χ2v) is 7.33. The minimum Gasteiger partial charge on any atom is -0.455 e. The number of thiazole rings is 1. The molecule has 1 aromatic heterocycles. The number of esters is 1. The highest BCUT2D eigenvalue weighted by Crippen LogP contribution is 2.24. The fraction of sp³-hybridized carbons (Fsp3) is 0.190. The first-order valence-corrected chi connectivity index (χ1v) is 10.0. The Morgan fingerprint density at radius 2 is 1.89 bits per heavy atom. The molecule has 0 spiro atoms. The Balaban J connectivity index is 1.50. The first-order valence-electron chi connectivity index (χ1n) is 8.79. The Labute approximate surface area is 172 Å². The van der Waals surface area contributed by atoms with Crippen LogP contribution in [0.3, 0.4) is 0 Å². The lowest BCUT2D eigenvalue weighted by molar-refractivity contribution is -0.146. The van der Waals surface area contributed by atoms with E-state index in [0.29, 0.717) is 16.4 Å². The molecule has 0 fully saturated rings. The lowest BCUT2D eigenvalue weighted by Crippen LogP contribution is -2.21. The molecule has 1 amide bonds. The Morgan fingerprint density at radius 1 is 1.14 bits per heavy atom. The van der Waals surface area contributed by atoms with Gasteiger partial charge in [-0.05, 0) is 24.1 Å². The van der Waals surface area contributed by atoms with Crippen LogP contribution in [-0.2, 0) is 27.2 Å². The van der Waals surface area contributed by atoms with Crippen molar-refractivity contribution in [2.75, 3.05) is 11.9 Å². The summed E-state index contributed by atoms with van der Waals surface area (Å²) >= 11 is 7.45. The number of anilines is 1. The van der Waals surface area contributed by atoms with E-state index >= 15 is 0 Å². The van der Waals surface area contributed by atoms with E-state index in [1.54, 1.807) is 24.3 Å². The molecule has 3 aromatic rings. The van der Waals surface area contributed by atoms with Crippen LogP contribution in [0.5, 0.6) is 0 Å². The maximum absolute atomic E-state index is 12.0. The first-order chi connectivity index (χ1) is 13.5. The van der Waals surface area contributed by atoms with Gasteiger partial charge < -0.3 is 10.1 Å². The average Bonchev–Trinajstić information content (AvgIpc) is 3.16. The predicted molar refractivity (Wildman–Crippen MR) is 112 cm³/mol. The van der Waals surface area contributed by atoms with Crippen LogP contribution in [-0.4, -0.2) is 23.5 Å². The van der Waals surface area contributed by atoms with E-state index in [9.17, 15) is 9.59 Å². The van der Waals surface area contributed by atoms with Gasteiger partial charge in [-0.1, -0.05) is 54.9 Å². The molecule has 0 aliphatic heterocycles. The maximum atomic E-state index is 12.0. The van der Waals surface area contributed by atoms with Gasteiger partial charge >= 0.3 is 5.97 Å². The van der Waals surface area contributed by atoms with Crippen LogP contribution in [0.2, 0.25) is 5.02 Å². The molecule has 0 unspecified atom stereocenters. The van der Waals surface area contributed by atoms with Gasteiger partial charge in [-0.3, -0.25) is 9.59 Å². The number of nitrogens with zero attached hydrogens (tertiary/aromatic N) is 1. The molecule has 0 saturated carbocycles. The molecule has 0 aliphatic carbocycles. The fourth-order valence-corrected chi connectivity index (χ4v) is 3.51. The molecule has 0 radical (unpaired) electrons. The molecular weight excluding hydrogens is 396 g/mol. The number of hydrogen-bond acceptors (Lipinski definition) is 5. The zero-order valence-corrected chi connectivity index (χ0v) is 16.8. The highest BCUT2D eigenvalue weighted by atomic mass is 35.5. The summed E-state index contributed by atoms with van der Waals surface area (Å²) in [6.45, 7) is 1.73. The number of halogens is 1. The van der Waals surface area contributed by atoms with Crippen molar-refractivity contribution in [1.82, 2.24) is 4.98 Å². The fourth-order valence-electron chi connectivity index (χ4n) is 2.50. The van der Waals surface area contributed by atoms with Gasteiger partial charge in [0.2, 0.25) is 0 Å². The number of carbonyl (C=O) groups is 2. The summed E-state index contributed by atoms with van der Waals surface area (Å²) < 4.78 is 5.04. The van der Waals surface area contributed by atoms with Crippen molar-refractivity contribution in [3.63, 3.8) is 0 Å². The van der Waals surface area contributed by atoms with Gasteiger partial charge in [-0.25, -0.2) is 4.98 Å². The van der Waals surface area contributed by atoms with Crippen LogP contribution in [0.15, 0.2) is 53.9 Å². The van der Waals surface area contributed by atoms with Gasteiger partial charge in [0.15, 0.2) is 6.61 Å². The van der Waals surface area contributed by atoms with E-state index < -0.39 is 11.9 Å².